The summed E-state index contributed by atoms with van der Waals surface area (Å²) in [6.07, 6.45) is 2.78. The average Bonchev–Trinajstić information content (AvgIpc) is 2.55. The van der Waals surface area contributed by atoms with E-state index in [2.05, 4.69) is 38.4 Å². The van der Waals surface area contributed by atoms with Gasteiger partial charge in [-0.1, -0.05) is 61.2 Å². The summed E-state index contributed by atoms with van der Waals surface area (Å²) in [5.74, 6) is 0. The number of benzene rings is 2. The molecule has 4 heteroatoms. The fourth-order valence-electron chi connectivity index (χ4n) is 2.80. The number of hydrogen-bond acceptors (Lipinski definition) is 2. The molecular weight excluding hydrogens is 314 g/mol. The van der Waals surface area contributed by atoms with Crippen molar-refractivity contribution in [2.75, 3.05) is 0 Å². The lowest BCUT2D eigenvalue weighted by Crippen LogP contribution is -2.25. The van der Waals surface area contributed by atoms with Crippen molar-refractivity contribution < 1.29 is 4.92 Å². The molecule has 0 aromatic heterocycles. The van der Waals surface area contributed by atoms with E-state index in [1.54, 1.807) is 12.1 Å². The van der Waals surface area contributed by atoms with Crippen LogP contribution in [0.5, 0.6) is 0 Å². The van der Waals surface area contributed by atoms with Gasteiger partial charge >= 0.3 is 0 Å². The fraction of sp³-hybridized carbons (Fsp3) is 0.200. The molecule has 0 aliphatic heterocycles. The number of nitrogens with zero attached hydrogens (tertiary/aromatic N) is 1. The van der Waals surface area contributed by atoms with Crippen molar-refractivity contribution in [3.63, 3.8) is 0 Å². The predicted molar refractivity (Wildman–Crippen MR) is 104 cm³/mol. The van der Waals surface area contributed by atoms with Crippen molar-refractivity contribution >= 4 is 19.3 Å². The highest BCUT2D eigenvalue weighted by atomic mass is 28.3. The first-order valence-corrected chi connectivity index (χ1v) is 11.5. The van der Waals surface area contributed by atoms with Gasteiger partial charge in [-0.15, -0.1) is 6.58 Å². The maximum absolute atomic E-state index is 10.9. The van der Waals surface area contributed by atoms with E-state index < -0.39 is 8.07 Å². The van der Waals surface area contributed by atoms with Crippen LogP contribution in [0.1, 0.15) is 17.5 Å². The zero-order valence-electron chi connectivity index (χ0n) is 14.5. The molecule has 0 radical (unpaired) electrons. The topological polar surface area (TPSA) is 43.1 Å². The van der Waals surface area contributed by atoms with Crippen LogP contribution in [0, 0.1) is 10.1 Å². The molecule has 0 aliphatic carbocycles. The Hall–Kier alpha value is -2.46. The van der Waals surface area contributed by atoms with E-state index in [1.807, 2.05) is 36.4 Å². The first-order valence-electron chi connectivity index (χ1n) is 7.99. The van der Waals surface area contributed by atoms with Crippen LogP contribution in [0.2, 0.25) is 19.6 Å². The standard InChI is InChI=1S/C20H23NO2Si/c1-5-9-19(24(2,3)4)20(16-10-7-6-8-11-16)17-12-14-18(15-13-17)21(22)23/h5-8,10-15H,1,9H2,2-4H3/b20-19-. The molecule has 3 nitrogen and oxygen atoms in total. The molecule has 2 aromatic rings. The number of non-ortho nitro benzene ring substituents is 1. The van der Waals surface area contributed by atoms with E-state index >= 15 is 0 Å². The first kappa shape index (κ1) is 17.9. The van der Waals surface area contributed by atoms with Crippen molar-refractivity contribution in [3.05, 3.63) is 93.7 Å². The summed E-state index contributed by atoms with van der Waals surface area (Å²) in [6, 6.07) is 17.1. The summed E-state index contributed by atoms with van der Waals surface area (Å²) in [6.45, 7) is 10.9. The molecule has 0 heterocycles. The molecule has 2 rings (SSSR count). The second-order valence-electron chi connectivity index (χ2n) is 6.77. The third kappa shape index (κ3) is 4.09. The van der Waals surface area contributed by atoms with Crippen molar-refractivity contribution in [2.24, 2.45) is 0 Å². The van der Waals surface area contributed by atoms with Gasteiger partial charge in [0.15, 0.2) is 0 Å². The van der Waals surface area contributed by atoms with E-state index in [1.165, 1.54) is 10.8 Å². The van der Waals surface area contributed by atoms with Gasteiger partial charge in [0.1, 0.15) is 0 Å². The Kier molecular flexibility index (Phi) is 5.52. The van der Waals surface area contributed by atoms with Gasteiger partial charge in [-0.3, -0.25) is 10.1 Å². The van der Waals surface area contributed by atoms with Gasteiger partial charge < -0.3 is 0 Å². The third-order valence-corrected chi connectivity index (χ3v) is 6.25. The Balaban J connectivity index is 2.71. The monoisotopic (exact) mass is 337 g/mol. The normalized spacial score (nSPS) is 12.5. The third-order valence-electron chi connectivity index (χ3n) is 3.98. The molecule has 124 valence electrons. The van der Waals surface area contributed by atoms with Gasteiger partial charge in [0.05, 0.1) is 13.0 Å². The van der Waals surface area contributed by atoms with Crippen molar-refractivity contribution in [1.29, 1.82) is 0 Å². The highest BCUT2D eigenvalue weighted by Crippen LogP contribution is 2.34. The zero-order chi connectivity index (χ0) is 17.7. The van der Waals surface area contributed by atoms with E-state index in [0.29, 0.717) is 0 Å². The molecule has 0 N–H and O–H groups in total. The Morgan fingerprint density at radius 1 is 1.04 bits per heavy atom. The van der Waals surface area contributed by atoms with Gasteiger partial charge in [0.2, 0.25) is 0 Å². The molecule has 0 spiro atoms. The molecule has 0 saturated heterocycles. The minimum atomic E-state index is -1.60. The number of allylic oxidation sites excluding steroid dienone is 2. The highest BCUT2D eigenvalue weighted by molar-refractivity contribution is 6.84. The number of hydrogen-bond donors (Lipinski definition) is 0. The molecule has 24 heavy (non-hydrogen) atoms. The molecule has 2 aromatic carbocycles. The summed E-state index contributed by atoms with van der Waals surface area (Å²) in [5, 5.41) is 12.3. The summed E-state index contributed by atoms with van der Waals surface area (Å²) in [4.78, 5) is 10.6. The largest absolute Gasteiger partial charge is 0.269 e. The van der Waals surface area contributed by atoms with Gasteiger partial charge in [-0.25, -0.2) is 0 Å². The molecule has 0 bridgehead atoms. The Morgan fingerprint density at radius 3 is 2.04 bits per heavy atom. The van der Waals surface area contributed by atoms with Crippen molar-refractivity contribution in [2.45, 2.75) is 26.1 Å². The van der Waals surface area contributed by atoms with Crippen LogP contribution < -0.4 is 0 Å². The van der Waals surface area contributed by atoms with Crippen LogP contribution in [-0.2, 0) is 0 Å². The Labute approximate surface area is 144 Å². The van der Waals surface area contributed by atoms with Crippen LogP contribution >= 0.6 is 0 Å². The van der Waals surface area contributed by atoms with Crippen LogP contribution in [0.15, 0.2) is 72.4 Å². The van der Waals surface area contributed by atoms with Gasteiger partial charge in [0, 0.05) is 12.1 Å². The van der Waals surface area contributed by atoms with Crippen LogP contribution in [-0.4, -0.2) is 13.0 Å². The zero-order valence-corrected chi connectivity index (χ0v) is 15.5. The van der Waals surface area contributed by atoms with E-state index in [0.717, 1.165) is 17.5 Å². The van der Waals surface area contributed by atoms with E-state index in [4.69, 9.17) is 0 Å². The van der Waals surface area contributed by atoms with E-state index in [-0.39, 0.29) is 10.6 Å². The second kappa shape index (κ2) is 7.40. The minimum absolute atomic E-state index is 0.115. The SMILES string of the molecule is C=CC/C(=C(\c1ccccc1)c1ccc([N+](=O)[O-])cc1)[Si](C)(C)C. The smallest absolute Gasteiger partial charge is 0.258 e. The van der Waals surface area contributed by atoms with Gasteiger partial charge in [0.25, 0.3) is 5.69 Å². The van der Waals surface area contributed by atoms with Gasteiger partial charge in [-0.2, -0.15) is 0 Å². The maximum atomic E-state index is 10.9. The molecular formula is C20H23NO2Si. The first-order chi connectivity index (χ1) is 11.3. The van der Waals surface area contributed by atoms with Crippen LogP contribution in [0.3, 0.4) is 0 Å². The van der Waals surface area contributed by atoms with Crippen LogP contribution in [0.4, 0.5) is 5.69 Å². The molecule has 0 saturated carbocycles. The highest BCUT2D eigenvalue weighted by Gasteiger charge is 2.24. The summed E-state index contributed by atoms with van der Waals surface area (Å²) < 4.78 is 0. The minimum Gasteiger partial charge on any atom is -0.258 e. The van der Waals surface area contributed by atoms with Crippen LogP contribution in [0.25, 0.3) is 5.57 Å². The summed E-state index contributed by atoms with van der Waals surface area (Å²) in [5.41, 5.74) is 3.46. The molecule has 0 fully saturated rings. The Bertz CT molecular complexity index is 756. The number of nitro groups is 1. The maximum Gasteiger partial charge on any atom is 0.269 e. The predicted octanol–water partition coefficient (Wildman–Crippen LogP) is 5.85. The lowest BCUT2D eigenvalue weighted by Gasteiger charge is -2.25. The molecule has 0 aliphatic rings. The number of nitro benzene ring substituents is 1. The lowest BCUT2D eigenvalue weighted by molar-refractivity contribution is -0.384. The molecule has 0 atom stereocenters. The summed E-state index contributed by atoms with van der Waals surface area (Å²) >= 11 is 0. The number of rotatable bonds is 6. The molecule has 0 amide bonds. The van der Waals surface area contributed by atoms with Gasteiger partial charge in [-0.05, 0) is 35.3 Å². The molecule has 0 unspecified atom stereocenters. The Morgan fingerprint density at radius 2 is 1.58 bits per heavy atom. The fourth-order valence-corrected chi connectivity index (χ4v) is 4.59. The summed E-state index contributed by atoms with van der Waals surface area (Å²) in [7, 11) is -1.60. The van der Waals surface area contributed by atoms with E-state index in [9.17, 15) is 10.1 Å². The average molecular weight is 337 g/mol. The second-order valence-corrected chi connectivity index (χ2v) is 11.9. The van der Waals surface area contributed by atoms with Crippen molar-refractivity contribution in [3.8, 4) is 0 Å². The van der Waals surface area contributed by atoms with Crippen molar-refractivity contribution in [1.82, 2.24) is 0 Å². The lowest BCUT2D eigenvalue weighted by atomic mass is 9.96. The quantitative estimate of drug-likeness (QED) is 0.287.